The molecular weight excluding hydrogens is 232 g/mol. The normalized spacial score (nSPS) is 10.7. The first-order chi connectivity index (χ1) is 8.59. The average Bonchev–Trinajstić information content (AvgIpc) is 2.32. The van der Waals surface area contributed by atoms with Crippen LogP contribution in [0.15, 0.2) is 29.3 Å². The molecule has 5 nitrogen and oxygen atoms in total. The maximum absolute atomic E-state index is 12.1. The second-order valence-electron chi connectivity index (χ2n) is 4.19. The molecule has 0 aliphatic heterocycles. The number of carboxylic acids is 1. The van der Waals surface area contributed by atoms with Crippen LogP contribution in [0.3, 0.4) is 0 Å². The Morgan fingerprint density at radius 3 is 2.94 bits per heavy atom. The standard InChI is InChI=1S/C13H14N2O3/c1-9-4-2-5-10-12(9)14-8-15(13(10)18)7-3-6-11(16)17/h2,4-5,8H,3,6-7H2,1H3,(H,16,17)/p-1. The zero-order valence-corrected chi connectivity index (χ0v) is 10.0. The number of rotatable bonds is 4. The number of aromatic nitrogens is 2. The van der Waals surface area contributed by atoms with E-state index in [0.29, 0.717) is 23.9 Å². The second kappa shape index (κ2) is 5.00. The number of hydrogen-bond acceptors (Lipinski definition) is 4. The largest absolute Gasteiger partial charge is 0.550 e. The lowest BCUT2D eigenvalue weighted by molar-refractivity contribution is -0.305. The lowest BCUT2D eigenvalue weighted by Gasteiger charge is -2.07. The third kappa shape index (κ3) is 2.40. The van der Waals surface area contributed by atoms with Gasteiger partial charge in [0.2, 0.25) is 0 Å². The summed E-state index contributed by atoms with van der Waals surface area (Å²) in [6.45, 7) is 2.24. The summed E-state index contributed by atoms with van der Waals surface area (Å²) in [5, 5.41) is 10.9. The fraction of sp³-hybridized carbons (Fsp3) is 0.308. The number of fused-ring (bicyclic) bond motifs is 1. The summed E-state index contributed by atoms with van der Waals surface area (Å²) in [4.78, 5) is 26.7. The minimum atomic E-state index is -1.10. The number of carbonyl (C=O) groups is 1. The number of para-hydroxylation sites is 1. The highest BCUT2D eigenvalue weighted by molar-refractivity contribution is 5.80. The third-order valence-corrected chi connectivity index (χ3v) is 2.84. The molecule has 18 heavy (non-hydrogen) atoms. The summed E-state index contributed by atoms with van der Waals surface area (Å²) in [6.07, 6.45) is 1.77. The average molecular weight is 245 g/mol. The summed E-state index contributed by atoms with van der Waals surface area (Å²) < 4.78 is 1.44. The zero-order chi connectivity index (χ0) is 13.1. The summed E-state index contributed by atoms with van der Waals surface area (Å²) in [5.41, 5.74) is 1.51. The molecule has 0 fully saturated rings. The summed E-state index contributed by atoms with van der Waals surface area (Å²) in [5.74, 6) is -1.10. The number of carboxylic acid groups (broad SMARTS) is 1. The maximum Gasteiger partial charge on any atom is 0.261 e. The van der Waals surface area contributed by atoms with Crippen molar-refractivity contribution in [2.45, 2.75) is 26.3 Å². The van der Waals surface area contributed by atoms with Gasteiger partial charge < -0.3 is 9.90 Å². The van der Waals surface area contributed by atoms with Gasteiger partial charge in [-0.25, -0.2) is 4.98 Å². The van der Waals surface area contributed by atoms with Gasteiger partial charge in [-0.2, -0.15) is 0 Å². The SMILES string of the molecule is Cc1cccc2c(=O)n(CCCC(=O)[O-])cnc12. The van der Waals surface area contributed by atoms with Crippen molar-refractivity contribution in [1.29, 1.82) is 0 Å². The van der Waals surface area contributed by atoms with Gasteiger partial charge in [0.25, 0.3) is 5.56 Å². The highest BCUT2D eigenvalue weighted by Gasteiger charge is 2.05. The van der Waals surface area contributed by atoms with Gasteiger partial charge in [0.15, 0.2) is 0 Å². The molecule has 1 aromatic carbocycles. The third-order valence-electron chi connectivity index (χ3n) is 2.84. The molecule has 1 aromatic heterocycles. The smallest absolute Gasteiger partial charge is 0.261 e. The van der Waals surface area contributed by atoms with E-state index in [2.05, 4.69) is 4.98 Å². The van der Waals surface area contributed by atoms with Gasteiger partial charge in [0.05, 0.1) is 17.2 Å². The van der Waals surface area contributed by atoms with E-state index in [1.807, 2.05) is 19.1 Å². The maximum atomic E-state index is 12.1. The molecule has 5 heteroatoms. The molecular formula is C13H13N2O3-. The Labute approximate surface area is 104 Å². The molecule has 94 valence electrons. The molecule has 1 heterocycles. The van der Waals surface area contributed by atoms with Gasteiger partial charge in [-0.3, -0.25) is 9.36 Å². The van der Waals surface area contributed by atoms with Gasteiger partial charge in [0, 0.05) is 12.5 Å². The van der Waals surface area contributed by atoms with E-state index < -0.39 is 5.97 Å². The molecule has 2 aromatic rings. The highest BCUT2D eigenvalue weighted by Crippen LogP contribution is 2.11. The predicted molar refractivity (Wildman–Crippen MR) is 65.0 cm³/mol. The van der Waals surface area contributed by atoms with Gasteiger partial charge in [-0.1, -0.05) is 12.1 Å². The Balaban J connectivity index is 2.34. The van der Waals surface area contributed by atoms with E-state index in [4.69, 9.17) is 0 Å². The van der Waals surface area contributed by atoms with Crippen molar-refractivity contribution in [3.63, 3.8) is 0 Å². The minimum absolute atomic E-state index is 0.0572. The van der Waals surface area contributed by atoms with E-state index >= 15 is 0 Å². The fourth-order valence-corrected chi connectivity index (χ4v) is 1.89. The van der Waals surface area contributed by atoms with Crippen LogP contribution in [-0.4, -0.2) is 15.5 Å². The monoisotopic (exact) mass is 245 g/mol. The van der Waals surface area contributed by atoms with Crippen LogP contribution in [0.1, 0.15) is 18.4 Å². The van der Waals surface area contributed by atoms with Crippen molar-refractivity contribution in [2.75, 3.05) is 0 Å². The van der Waals surface area contributed by atoms with Crippen LogP contribution >= 0.6 is 0 Å². The minimum Gasteiger partial charge on any atom is -0.550 e. The Hall–Kier alpha value is -2.17. The Bertz CT molecular complexity index is 646. The van der Waals surface area contributed by atoms with Crippen LogP contribution in [0.2, 0.25) is 0 Å². The first kappa shape index (κ1) is 12.3. The molecule has 0 spiro atoms. The van der Waals surface area contributed by atoms with Crippen molar-refractivity contribution in [3.05, 3.63) is 40.4 Å². The number of aryl methyl sites for hydroxylation is 2. The second-order valence-corrected chi connectivity index (χ2v) is 4.19. The van der Waals surface area contributed by atoms with Crippen molar-refractivity contribution >= 4 is 16.9 Å². The van der Waals surface area contributed by atoms with Crippen LogP contribution in [-0.2, 0) is 11.3 Å². The van der Waals surface area contributed by atoms with Crippen LogP contribution in [0.4, 0.5) is 0 Å². The first-order valence-corrected chi connectivity index (χ1v) is 5.74. The van der Waals surface area contributed by atoms with Crippen molar-refractivity contribution < 1.29 is 9.90 Å². The van der Waals surface area contributed by atoms with Crippen LogP contribution in [0, 0.1) is 6.92 Å². The van der Waals surface area contributed by atoms with Crippen molar-refractivity contribution in [3.8, 4) is 0 Å². The van der Waals surface area contributed by atoms with Crippen LogP contribution < -0.4 is 10.7 Å². The molecule has 0 unspecified atom stereocenters. The molecule has 0 saturated heterocycles. The highest BCUT2D eigenvalue weighted by atomic mass is 16.4. The Kier molecular flexibility index (Phi) is 3.41. The van der Waals surface area contributed by atoms with Gasteiger partial charge in [-0.15, -0.1) is 0 Å². The number of benzene rings is 1. The molecule has 0 aliphatic carbocycles. The van der Waals surface area contributed by atoms with Gasteiger partial charge in [0.1, 0.15) is 0 Å². The topological polar surface area (TPSA) is 75.0 Å². The molecule has 0 aliphatic rings. The molecule has 2 rings (SSSR count). The molecule has 0 atom stereocenters. The molecule has 0 N–H and O–H groups in total. The molecule has 0 saturated carbocycles. The lowest BCUT2D eigenvalue weighted by atomic mass is 10.1. The van der Waals surface area contributed by atoms with Crippen molar-refractivity contribution in [1.82, 2.24) is 9.55 Å². The Morgan fingerprint density at radius 2 is 2.22 bits per heavy atom. The van der Waals surface area contributed by atoms with E-state index in [9.17, 15) is 14.7 Å². The number of nitrogens with zero attached hydrogens (tertiary/aromatic N) is 2. The molecule has 0 bridgehead atoms. The number of aliphatic carboxylic acids is 1. The van der Waals surface area contributed by atoms with E-state index in [1.165, 1.54) is 10.9 Å². The van der Waals surface area contributed by atoms with Crippen molar-refractivity contribution in [2.24, 2.45) is 0 Å². The van der Waals surface area contributed by atoms with Gasteiger partial charge in [-0.05, 0) is 31.4 Å². The summed E-state index contributed by atoms with van der Waals surface area (Å²) in [6, 6.07) is 5.44. The van der Waals surface area contributed by atoms with E-state index in [-0.39, 0.29) is 12.0 Å². The first-order valence-electron chi connectivity index (χ1n) is 5.74. The van der Waals surface area contributed by atoms with E-state index in [0.717, 1.165) is 5.56 Å². The predicted octanol–water partition coefficient (Wildman–Crippen LogP) is 0.235. The summed E-state index contributed by atoms with van der Waals surface area (Å²) >= 11 is 0. The lowest BCUT2D eigenvalue weighted by Crippen LogP contribution is -2.24. The van der Waals surface area contributed by atoms with Crippen LogP contribution in [0.25, 0.3) is 10.9 Å². The number of carbonyl (C=O) groups excluding carboxylic acids is 1. The summed E-state index contributed by atoms with van der Waals surface area (Å²) in [7, 11) is 0. The molecule has 0 radical (unpaired) electrons. The molecule has 0 amide bonds. The van der Waals surface area contributed by atoms with E-state index in [1.54, 1.807) is 6.07 Å². The van der Waals surface area contributed by atoms with Gasteiger partial charge >= 0.3 is 0 Å². The number of hydrogen-bond donors (Lipinski definition) is 0. The van der Waals surface area contributed by atoms with Crippen LogP contribution in [0.5, 0.6) is 0 Å². The Morgan fingerprint density at radius 1 is 1.44 bits per heavy atom. The fourth-order valence-electron chi connectivity index (χ4n) is 1.89. The quantitative estimate of drug-likeness (QED) is 0.773. The zero-order valence-electron chi connectivity index (χ0n) is 10.0.